The summed E-state index contributed by atoms with van der Waals surface area (Å²) in [5, 5.41) is 2.93. The average Bonchev–Trinajstić information content (AvgIpc) is 3.27. The molecule has 28 heavy (non-hydrogen) atoms. The number of benzene rings is 2. The predicted octanol–water partition coefficient (Wildman–Crippen LogP) is 3.36. The van der Waals surface area contributed by atoms with Crippen LogP contribution in [0.2, 0.25) is 0 Å². The molecule has 0 saturated heterocycles. The molecule has 1 N–H and O–H groups in total. The summed E-state index contributed by atoms with van der Waals surface area (Å²) < 4.78 is 18.0. The van der Waals surface area contributed by atoms with Crippen molar-refractivity contribution in [2.24, 2.45) is 0 Å². The van der Waals surface area contributed by atoms with Gasteiger partial charge in [0.15, 0.2) is 11.5 Å². The molecule has 146 valence electrons. The van der Waals surface area contributed by atoms with E-state index < -0.39 is 0 Å². The Morgan fingerprint density at radius 3 is 2.11 bits per heavy atom. The van der Waals surface area contributed by atoms with E-state index in [1.54, 1.807) is 27.4 Å². The highest BCUT2D eigenvalue weighted by Gasteiger charge is 2.13. The molecule has 6 nitrogen and oxygen atoms in total. The zero-order chi connectivity index (χ0) is 19.9. The van der Waals surface area contributed by atoms with Gasteiger partial charge in [0.25, 0.3) is 0 Å². The van der Waals surface area contributed by atoms with Crippen LogP contribution in [0.1, 0.15) is 11.1 Å². The number of nitrogens with one attached hydrogen (secondary N) is 1. The van der Waals surface area contributed by atoms with Gasteiger partial charge < -0.3 is 24.1 Å². The van der Waals surface area contributed by atoms with Crippen LogP contribution < -0.4 is 19.5 Å². The lowest BCUT2D eigenvalue weighted by Crippen LogP contribution is -2.24. The first-order valence-corrected chi connectivity index (χ1v) is 8.92. The number of aromatic nitrogens is 1. The van der Waals surface area contributed by atoms with E-state index in [9.17, 15) is 4.79 Å². The molecule has 0 atom stereocenters. The van der Waals surface area contributed by atoms with Crippen molar-refractivity contribution < 1.29 is 19.0 Å². The normalized spacial score (nSPS) is 10.4. The van der Waals surface area contributed by atoms with Crippen LogP contribution in [0.25, 0.3) is 5.69 Å². The molecule has 3 rings (SSSR count). The number of carbonyl (C=O) groups is 1. The van der Waals surface area contributed by atoms with Gasteiger partial charge in [0.05, 0.1) is 27.8 Å². The largest absolute Gasteiger partial charge is 0.496 e. The SMILES string of the molecule is COc1cc(OC)c(OC)cc1CNC(=O)Cc1ccc(-n2cccc2)cc1. The first kappa shape index (κ1) is 19.4. The molecule has 6 heteroatoms. The molecule has 1 heterocycles. The van der Waals surface area contributed by atoms with Crippen LogP contribution in [0.4, 0.5) is 0 Å². The van der Waals surface area contributed by atoms with E-state index in [1.807, 2.05) is 59.4 Å². The summed E-state index contributed by atoms with van der Waals surface area (Å²) in [6.45, 7) is 0.337. The second-order valence-corrected chi connectivity index (χ2v) is 6.23. The van der Waals surface area contributed by atoms with Gasteiger partial charge >= 0.3 is 0 Å². The van der Waals surface area contributed by atoms with E-state index in [0.29, 0.717) is 30.2 Å². The van der Waals surface area contributed by atoms with E-state index in [1.165, 1.54) is 0 Å². The van der Waals surface area contributed by atoms with Gasteiger partial charge in [-0.05, 0) is 35.9 Å². The first-order valence-electron chi connectivity index (χ1n) is 8.92. The van der Waals surface area contributed by atoms with E-state index in [2.05, 4.69) is 5.32 Å². The van der Waals surface area contributed by atoms with Crippen LogP contribution in [0.5, 0.6) is 17.2 Å². The molecule has 0 aliphatic rings. The van der Waals surface area contributed by atoms with Gasteiger partial charge in [-0.25, -0.2) is 0 Å². The summed E-state index contributed by atoms with van der Waals surface area (Å²) in [6.07, 6.45) is 4.28. The summed E-state index contributed by atoms with van der Waals surface area (Å²) in [4.78, 5) is 12.4. The van der Waals surface area contributed by atoms with E-state index in [0.717, 1.165) is 16.8 Å². The molecule has 0 fully saturated rings. The number of amides is 1. The van der Waals surface area contributed by atoms with Gasteiger partial charge in [-0.15, -0.1) is 0 Å². The zero-order valence-corrected chi connectivity index (χ0v) is 16.3. The van der Waals surface area contributed by atoms with Gasteiger partial charge in [-0.1, -0.05) is 12.1 Å². The topological polar surface area (TPSA) is 61.7 Å². The molecule has 0 aliphatic heterocycles. The summed E-state index contributed by atoms with van der Waals surface area (Å²) in [5.41, 5.74) is 2.83. The van der Waals surface area contributed by atoms with Gasteiger partial charge in [0.1, 0.15) is 5.75 Å². The Kier molecular flexibility index (Phi) is 6.22. The van der Waals surface area contributed by atoms with Crippen LogP contribution in [0.15, 0.2) is 60.9 Å². The van der Waals surface area contributed by atoms with Crippen molar-refractivity contribution in [2.75, 3.05) is 21.3 Å². The lowest BCUT2D eigenvalue weighted by molar-refractivity contribution is -0.120. The molecule has 1 amide bonds. The Morgan fingerprint density at radius 1 is 0.893 bits per heavy atom. The third-order valence-corrected chi connectivity index (χ3v) is 4.47. The number of hydrogen-bond donors (Lipinski definition) is 1. The summed E-state index contributed by atoms with van der Waals surface area (Å²) in [6, 6.07) is 15.4. The van der Waals surface area contributed by atoms with Gasteiger partial charge in [0, 0.05) is 36.3 Å². The molecule has 0 unspecified atom stereocenters. The Labute approximate surface area is 164 Å². The van der Waals surface area contributed by atoms with Crippen molar-refractivity contribution in [3.05, 3.63) is 72.1 Å². The number of hydrogen-bond acceptors (Lipinski definition) is 4. The van der Waals surface area contributed by atoms with Crippen LogP contribution in [0, 0.1) is 0 Å². The molecular formula is C22H24N2O4. The van der Waals surface area contributed by atoms with Crippen LogP contribution in [-0.4, -0.2) is 31.8 Å². The maximum atomic E-state index is 12.4. The van der Waals surface area contributed by atoms with Crippen molar-refractivity contribution in [3.63, 3.8) is 0 Å². The Balaban J connectivity index is 1.62. The minimum Gasteiger partial charge on any atom is -0.496 e. The fourth-order valence-electron chi connectivity index (χ4n) is 2.96. The van der Waals surface area contributed by atoms with Crippen molar-refractivity contribution in [2.45, 2.75) is 13.0 Å². The Hall–Kier alpha value is -3.41. The highest BCUT2D eigenvalue weighted by atomic mass is 16.5. The minimum atomic E-state index is -0.0643. The molecule has 3 aromatic rings. The number of rotatable bonds is 8. The first-order chi connectivity index (χ1) is 13.6. The summed E-state index contributed by atoms with van der Waals surface area (Å²) in [5.74, 6) is 1.74. The van der Waals surface area contributed by atoms with Crippen LogP contribution in [-0.2, 0) is 17.8 Å². The quantitative estimate of drug-likeness (QED) is 0.651. The van der Waals surface area contributed by atoms with Crippen LogP contribution in [0.3, 0.4) is 0 Å². The second kappa shape index (κ2) is 8.99. The Bertz CT molecular complexity index is 918. The fourth-order valence-corrected chi connectivity index (χ4v) is 2.96. The molecule has 1 aromatic heterocycles. The lowest BCUT2D eigenvalue weighted by Gasteiger charge is -2.14. The molecule has 0 bridgehead atoms. The molecular weight excluding hydrogens is 356 g/mol. The monoisotopic (exact) mass is 380 g/mol. The third kappa shape index (κ3) is 4.46. The van der Waals surface area contributed by atoms with Crippen molar-refractivity contribution in [1.82, 2.24) is 9.88 Å². The van der Waals surface area contributed by atoms with E-state index in [4.69, 9.17) is 14.2 Å². The molecule has 0 aliphatic carbocycles. The highest BCUT2D eigenvalue weighted by molar-refractivity contribution is 5.78. The number of ether oxygens (including phenoxy) is 3. The number of carbonyl (C=O) groups excluding carboxylic acids is 1. The summed E-state index contributed by atoms with van der Waals surface area (Å²) in [7, 11) is 4.73. The van der Waals surface area contributed by atoms with E-state index in [-0.39, 0.29) is 5.91 Å². The van der Waals surface area contributed by atoms with Gasteiger partial charge in [0.2, 0.25) is 5.91 Å². The standard InChI is InChI=1S/C22H24N2O4/c1-26-19-14-21(28-3)20(27-2)13-17(19)15-23-22(25)12-16-6-8-18(9-7-16)24-10-4-5-11-24/h4-11,13-14H,12,15H2,1-3H3,(H,23,25). The molecule has 0 radical (unpaired) electrons. The average molecular weight is 380 g/mol. The number of methoxy groups -OCH3 is 3. The lowest BCUT2D eigenvalue weighted by atomic mass is 10.1. The van der Waals surface area contributed by atoms with Crippen molar-refractivity contribution in [1.29, 1.82) is 0 Å². The molecule has 0 spiro atoms. The molecule has 2 aromatic carbocycles. The maximum Gasteiger partial charge on any atom is 0.224 e. The summed E-state index contributed by atoms with van der Waals surface area (Å²) >= 11 is 0. The zero-order valence-electron chi connectivity index (χ0n) is 16.3. The number of nitrogens with zero attached hydrogens (tertiary/aromatic N) is 1. The van der Waals surface area contributed by atoms with E-state index >= 15 is 0 Å². The van der Waals surface area contributed by atoms with Gasteiger partial charge in [-0.2, -0.15) is 0 Å². The van der Waals surface area contributed by atoms with Crippen molar-refractivity contribution >= 4 is 5.91 Å². The third-order valence-electron chi connectivity index (χ3n) is 4.47. The minimum absolute atomic E-state index is 0.0643. The fraction of sp³-hybridized carbons (Fsp3) is 0.227. The van der Waals surface area contributed by atoms with Crippen molar-refractivity contribution in [3.8, 4) is 22.9 Å². The Morgan fingerprint density at radius 2 is 1.50 bits per heavy atom. The van der Waals surface area contributed by atoms with Gasteiger partial charge in [-0.3, -0.25) is 4.79 Å². The highest BCUT2D eigenvalue weighted by Crippen LogP contribution is 2.34. The maximum absolute atomic E-state index is 12.4. The smallest absolute Gasteiger partial charge is 0.224 e. The predicted molar refractivity (Wildman–Crippen MR) is 107 cm³/mol. The second-order valence-electron chi connectivity index (χ2n) is 6.23. The van der Waals surface area contributed by atoms with Crippen LogP contribution >= 0.6 is 0 Å². The molecule has 0 saturated carbocycles.